The number of esters is 1. The highest BCUT2D eigenvalue weighted by atomic mass is 16.6. The number of carbonyl (C=O) groups excluding carboxylic acids is 2. The first-order valence-corrected chi connectivity index (χ1v) is 12.6. The van der Waals surface area contributed by atoms with Crippen molar-refractivity contribution < 1.29 is 34.0 Å². The summed E-state index contributed by atoms with van der Waals surface area (Å²) in [4.78, 5) is 24.2. The van der Waals surface area contributed by atoms with Gasteiger partial charge < -0.3 is 29.7 Å². The Morgan fingerprint density at radius 2 is 2.03 bits per heavy atom. The molecular weight excluding hydrogens is 426 g/mol. The maximum Gasteiger partial charge on any atom is 0.325 e. The van der Waals surface area contributed by atoms with Gasteiger partial charge in [0.1, 0.15) is 12.6 Å². The monoisotopic (exact) mass is 467 g/mol. The van der Waals surface area contributed by atoms with E-state index in [1.165, 1.54) is 7.11 Å². The van der Waals surface area contributed by atoms with Crippen molar-refractivity contribution in [2.45, 2.75) is 102 Å². The van der Waals surface area contributed by atoms with Crippen LogP contribution in [0.4, 0.5) is 0 Å². The summed E-state index contributed by atoms with van der Waals surface area (Å²) in [5.41, 5.74) is 0. The van der Waals surface area contributed by atoms with Gasteiger partial charge in [-0.2, -0.15) is 0 Å². The van der Waals surface area contributed by atoms with Crippen molar-refractivity contribution in [2.24, 2.45) is 17.8 Å². The van der Waals surface area contributed by atoms with Gasteiger partial charge in [0.05, 0.1) is 25.4 Å². The van der Waals surface area contributed by atoms with Crippen molar-refractivity contribution in [2.75, 3.05) is 13.7 Å². The molecule has 4 fully saturated rings. The lowest BCUT2D eigenvalue weighted by molar-refractivity contribution is -0.251. The maximum atomic E-state index is 12.8. The minimum absolute atomic E-state index is 0.0559. The standard InChI is InChI=1S/C25H41NO7/c1-4-5-6-7-9-17(27)12-13-18-23-16(2)19-10-8-11-20(24(29)26-15-22(28)31-3)33-25(18,30)14-21(23)32-19/h12-13,16-21,23,27,30H,4-11,14-15H2,1-3H3,(H,26,29)/b13-12+/t16?,17?,18-,19?,20?,21?,23-,25?/m1/s1. The molecule has 4 rings (SSSR count). The van der Waals surface area contributed by atoms with Gasteiger partial charge >= 0.3 is 5.97 Å². The molecule has 0 aromatic rings. The van der Waals surface area contributed by atoms with Gasteiger partial charge in [0, 0.05) is 18.3 Å². The molecule has 3 N–H and O–H groups in total. The van der Waals surface area contributed by atoms with Gasteiger partial charge in [0.2, 0.25) is 5.91 Å². The first kappa shape index (κ1) is 26.1. The molecule has 1 aliphatic carbocycles. The summed E-state index contributed by atoms with van der Waals surface area (Å²) in [6.45, 7) is 4.07. The SMILES string of the molecule is CCCCCCC(O)/C=C/[C@@H]1[C@@H]2C3CC1(O)OC(C(=O)NCC(=O)OC)CCCC(O3)C2C. The van der Waals surface area contributed by atoms with E-state index in [0.717, 1.165) is 38.5 Å². The molecule has 0 aromatic carbocycles. The number of fused-ring (bicyclic) bond motifs is 4. The number of nitrogens with one attached hydrogen (secondary N) is 1. The van der Waals surface area contributed by atoms with Gasteiger partial charge in [-0.15, -0.1) is 0 Å². The molecule has 0 radical (unpaired) electrons. The number of aliphatic hydroxyl groups excluding tert-OH is 1. The largest absolute Gasteiger partial charge is 0.468 e. The molecule has 3 aliphatic heterocycles. The lowest BCUT2D eigenvalue weighted by Gasteiger charge is -2.37. The Morgan fingerprint density at radius 1 is 1.24 bits per heavy atom. The third-order valence-electron chi connectivity index (χ3n) is 7.52. The fraction of sp³-hybridized carbons (Fsp3) is 0.840. The fourth-order valence-electron chi connectivity index (χ4n) is 5.69. The van der Waals surface area contributed by atoms with E-state index in [1.807, 2.05) is 6.08 Å². The summed E-state index contributed by atoms with van der Waals surface area (Å²) in [5.74, 6) is -2.63. The zero-order valence-corrected chi connectivity index (χ0v) is 20.2. The minimum atomic E-state index is -1.57. The molecule has 8 atom stereocenters. The minimum Gasteiger partial charge on any atom is -0.468 e. The van der Waals surface area contributed by atoms with E-state index in [4.69, 9.17) is 9.47 Å². The first-order valence-electron chi connectivity index (χ1n) is 12.6. The van der Waals surface area contributed by atoms with Crippen LogP contribution in [0.5, 0.6) is 0 Å². The Balaban J connectivity index is 1.74. The zero-order valence-electron chi connectivity index (χ0n) is 20.2. The number of methoxy groups -OCH3 is 1. The van der Waals surface area contributed by atoms with Crippen LogP contribution >= 0.6 is 0 Å². The quantitative estimate of drug-likeness (QED) is 0.257. The lowest BCUT2D eigenvalue weighted by Crippen LogP contribution is -2.48. The highest BCUT2D eigenvalue weighted by molar-refractivity contribution is 5.85. The molecule has 1 saturated carbocycles. The summed E-state index contributed by atoms with van der Waals surface area (Å²) in [6.07, 6.45) is 9.41. The number of rotatable bonds is 10. The summed E-state index contributed by atoms with van der Waals surface area (Å²) >= 11 is 0. The Kier molecular flexibility index (Phi) is 9.33. The Hall–Kier alpha value is -1.48. The molecule has 33 heavy (non-hydrogen) atoms. The molecule has 4 bridgehead atoms. The number of ether oxygens (including phenoxy) is 3. The highest BCUT2D eigenvalue weighted by Crippen LogP contribution is 2.54. The lowest BCUT2D eigenvalue weighted by atomic mass is 9.79. The average Bonchev–Trinajstić information content (AvgIpc) is 3.22. The molecule has 8 heteroatoms. The van der Waals surface area contributed by atoms with Gasteiger partial charge in [-0.1, -0.05) is 51.7 Å². The summed E-state index contributed by atoms with van der Waals surface area (Å²) in [7, 11) is 1.26. The Labute approximate surface area is 197 Å². The van der Waals surface area contributed by atoms with Gasteiger partial charge in [-0.3, -0.25) is 9.59 Å². The smallest absolute Gasteiger partial charge is 0.325 e. The number of unbranched alkanes of at least 4 members (excludes halogenated alkanes) is 3. The number of amides is 1. The zero-order chi connectivity index (χ0) is 24.0. The molecule has 0 spiro atoms. The van der Waals surface area contributed by atoms with E-state index in [9.17, 15) is 19.8 Å². The second-order valence-electron chi connectivity index (χ2n) is 9.86. The van der Waals surface area contributed by atoms with Crippen LogP contribution in [0.25, 0.3) is 0 Å². The van der Waals surface area contributed by atoms with Crippen LogP contribution < -0.4 is 5.32 Å². The van der Waals surface area contributed by atoms with Crippen LogP contribution in [0.3, 0.4) is 0 Å². The van der Waals surface area contributed by atoms with Crippen LogP contribution in [0.1, 0.15) is 71.6 Å². The second kappa shape index (κ2) is 11.8. The number of hydrogen-bond acceptors (Lipinski definition) is 7. The first-order chi connectivity index (χ1) is 15.8. The van der Waals surface area contributed by atoms with E-state index in [-0.39, 0.29) is 42.9 Å². The second-order valence-corrected chi connectivity index (χ2v) is 9.86. The summed E-state index contributed by atoms with van der Waals surface area (Å²) in [6, 6.07) is 0. The molecule has 8 nitrogen and oxygen atoms in total. The number of carbonyl (C=O) groups is 2. The highest BCUT2D eigenvalue weighted by Gasteiger charge is 2.60. The Morgan fingerprint density at radius 3 is 2.76 bits per heavy atom. The van der Waals surface area contributed by atoms with Crippen molar-refractivity contribution in [1.29, 1.82) is 0 Å². The predicted octanol–water partition coefficient (Wildman–Crippen LogP) is 2.46. The van der Waals surface area contributed by atoms with Crippen LogP contribution in [-0.4, -0.2) is 65.9 Å². The molecule has 6 unspecified atom stereocenters. The molecular formula is C25H41NO7. The van der Waals surface area contributed by atoms with Crippen molar-refractivity contribution >= 4 is 11.9 Å². The molecule has 3 saturated heterocycles. The third kappa shape index (κ3) is 6.35. The van der Waals surface area contributed by atoms with E-state index in [2.05, 4.69) is 23.9 Å². The topological polar surface area (TPSA) is 114 Å². The van der Waals surface area contributed by atoms with E-state index < -0.39 is 29.9 Å². The van der Waals surface area contributed by atoms with Crippen LogP contribution in [0, 0.1) is 17.8 Å². The molecule has 3 heterocycles. The average molecular weight is 468 g/mol. The van der Waals surface area contributed by atoms with Gasteiger partial charge in [-0.05, 0) is 31.6 Å². The summed E-state index contributed by atoms with van der Waals surface area (Å²) < 4.78 is 17.0. The number of hydrogen-bond donors (Lipinski definition) is 3. The van der Waals surface area contributed by atoms with Gasteiger partial charge in [-0.25, -0.2) is 0 Å². The summed E-state index contributed by atoms with van der Waals surface area (Å²) in [5, 5.41) is 24.6. The van der Waals surface area contributed by atoms with Crippen molar-refractivity contribution in [1.82, 2.24) is 5.32 Å². The number of aliphatic hydroxyl groups is 2. The maximum absolute atomic E-state index is 12.8. The molecule has 0 aromatic heterocycles. The van der Waals surface area contributed by atoms with E-state index >= 15 is 0 Å². The fourth-order valence-corrected chi connectivity index (χ4v) is 5.69. The van der Waals surface area contributed by atoms with E-state index in [1.54, 1.807) is 6.08 Å². The van der Waals surface area contributed by atoms with E-state index in [0.29, 0.717) is 12.8 Å². The van der Waals surface area contributed by atoms with Gasteiger partial charge in [0.25, 0.3) is 0 Å². The van der Waals surface area contributed by atoms with Crippen molar-refractivity contribution in [3.8, 4) is 0 Å². The molecule has 188 valence electrons. The molecule has 4 aliphatic rings. The van der Waals surface area contributed by atoms with Crippen LogP contribution in [-0.2, 0) is 23.8 Å². The van der Waals surface area contributed by atoms with Crippen molar-refractivity contribution in [3.05, 3.63) is 12.2 Å². The predicted molar refractivity (Wildman–Crippen MR) is 122 cm³/mol. The van der Waals surface area contributed by atoms with Crippen LogP contribution in [0.15, 0.2) is 12.2 Å². The third-order valence-corrected chi connectivity index (χ3v) is 7.52. The van der Waals surface area contributed by atoms with Gasteiger partial charge in [0.15, 0.2) is 5.79 Å². The normalized spacial score (nSPS) is 36.8. The van der Waals surface area contributed by atoms with Crippen LogP contribution in [0.2, 0.25) is 0 Å². The Bertz CT molecular complexity index is 698. The molecule has 1 amide bonds. The van der Waals surface area contributed by atoms with Crippen molar-refractivity contribution in [3.63, 3.8) is 0 Å².